The lowest BCUT2D eigenvalue weighted by molar-refractivity contribution is -0.154. The lowest BCUT2D eigenvalue weighted by Gasteiger charge is -2.34. The van der Waals surface area contributed by atoms with Crippen molar-refractivity contribution < 1.29 is 9.03 Å². The van der Waals surface area contributed by atoms with Crippen molar-refractivity contribution in [3.8, 4) is 0 Å². The molecule has 0 bridgehead atoms. The molecule has 3 heteroatoms. The molecule has 0 aliphatic carbocycles. The highest BCUT2D eigenvalue weighted by Crippen LogP contribution is 2.32. The van der Waals surface area contributed by atoms with Crippen LogP contribution >= 0.6 is 11.9 Å². The first kappa shape index (κ1) is 14.0. The van der Waals surface area contributed by atoms with Crippen LogP contribution in [0, 0.1) is 5.92 Å². The van der Waals surface area contributed by atoms with Gasteiger partial charge in [0.05, 0.1) is 18.0 Å². The zero-order chi connectivity index (χ0) is 12.0. The molecule has 2 nitrogen and oxygen atoms in total. The Morgan fingerprint density at radius 3 is 2.75 bits per heavy atom. The van der Waals surface area contributed by atoms with E-state index in [9.17, 15) is 0 Å². The Morgan fingerprint density at radius 2 is 2.19 bits per heavy atom. The number of hydrogen-bond donors (Lipinski definition) is 0. The smallest absolute Gasteiger partial charge is 0.177 e. The van der Waals surface area contributed by atoms with Gasteiger partial charge in [-0.15, -0.1) is 0 Å². The van der Waals surface area contributed by atoms with E-state index in [-0.39, 0.29) is 12.4 Å². The number of hydrogen-bond acceptors (Lipinski definition) is 2. The van der Waals surface area contributed by atoms with Gasteiger partial charge in [-0.25, -0.2) is 4.29 Å². The van der Waals surface area contributed by atoms with Crippen molar-refractivity contribution in [2.45, 2.75) is 64.8 Å². The fraction of sp³-hybridized carbons (Fsp3) is 0.846. The van der Waals surface area contributed by atoms with Crippen LogP contribution < -0.4 is 0 Å². The van der Waals surface area contributed by atoms with E-state index in [1.54, 1.807) is 0 Å². The minimum Gasteiger partial charge on any atom is -0.347 e. The van der Waals surface area contributed by atoms with Gasteiger partial charge in [0.15, 0.2) is 6.29 Å². The Hall–Kier alpha value is -0.0500. The van der Waals surface area contributed by atoms with E-state index in [0.29, 0.717) is 5.92 Å². The largest absolute Gasteiger partial charge is 0.347 e. The summed E-state index contributed by atoms with van der Waals surface area (Å²) in [5, 5.41) is 0. The number of unbranched alkanes of at least 4 members (excludes halogenated alkanes) is 2. The van der Waals surface area contributed by atoms with E-state index < -0.39 is 0 Å². The first-order valence-corrected chi connectivity index (χ1v) is 6.60. The monoisotopic (exact) mass is 246 g/mol. The normalized spacial score (nSPS) is 30.3. The first-order chi connectivity index (χ1) is 7.69. The van der Waals surface area contributed by atoms with Gasteiger partial charge in [-0.05, 0) is 26.2 Å². The van der Waals surface area contributed by atoms with E-state index in [1.165, 1.54) is 24.8 Å². The molecule has 1 aliphatic rings. The quantitative estimate of drug-likeness (QED) is 0.510. The fourth-order valence-electron chi connectivity index (χ4n) is 2.34. The molecule has 0 aromatic rings. The van der Waals surface area contributed by atoms with Crippen molar-refractivity contribution in [2.75, 3.05) is 0 Å². The second kappa shape index (κ2) is 7.31. The molecule has 3 unspecified atom stereocenters. The molecule has 0 N–H and O–H groups in total. The van der Waals surface area contributed by atoms with E-state index in [4.69, 9.17) is 20.9 Å². The van der Waals surface area contributed by atoms with E-state index in [0.717, 1.165) is 19.3 Å². The summed E-state index contributed by atoms with van der Waals surface area (Å²) in [7, 11) is 0. The average molecular weight is 247 g/mol. The summed E-state index contributed by atoms with van der Waals surface area (Å²) >= 11 is 5.33. The molecule has 0 amide bonds. The second-order valence-electron chi connectivity index (χ2n) is 4.66. The van der Waals surface area contributed by atoms with Gasteiger partial charge in [-0.1, -0.05) is 31.9 Å². The van der Waals surface area contributed by atoms with Crippen LogP contribution in [0.25, 0.3) is 0 Å². The van der Waals surface area contributed by atoms with Gasteiger partial charge in [-0.3, -0.25) is 0 Å². The van der Waals surface area contributed by atoms with E-state index in [1.807, 2.05) is 0 Å². The molecular weight excluding hydrogens is 224 g/mol. The van der Waals surface area contributed by atoms with Crippen LogP contribution in [-0.4, -0.2) is 12.4 Å². The van der Waals surface area contributed by atoms with E-state index >= 15 is 0 Å². The average Bonchev–Trinajstić information content (AvgIpc) is 2.29. The summed E-state index contributed by atoms with van der Waals surface area (Å²) in [4.78, 5) is 0. The van der Waals surface area contributed by atoms with Crippen molar-refractivity contribution in [3.05, 3.63) is 12.2 Å². The van der Waals surface area contributed by atoms with Gasteiger partial charge in [0.1, 0.15) is 0 Å². The third-order valence-electron chi connectivity index (χ3n) is 3.37. The van der Waals surface area contributed by atoms with Gasteiger partial charge < -0.3 is 4.74 Å². The summed E-state index contributed by atoms with van der Waals surface area (Å²) in [5.41, 5.74) is 1.33. The van der Waals surface area contributed by atoms with Crippen molar-refractivity contribution in [1.82, 2.24) is 0 Å². The van der Waals surface area contributed by atoms with Crippen LogP contribution in [0.5, 0.6) is 0 Å². The van der Waals surface area contributed by atoms with Gasteiger partial charge in [0.25, 0.3) is 0 Å². The molecule has 0 radical (unpaired) electrons. The number of halogens is 1. The van der Waals surface area contributed by atoms with Crippen LogP contribution in [0.1, 0.15) is 52.4 Å². The molecule has 1 aliphatic heterocycles. The Morgan fingerprint density at radius 1 is 1.44 bits per heavy atom. The van der Waals surface area contributed by atoms with Gasteiger partial charge >= 0.3 is 0 Å². The lowest BCUT2D eigenvalue weighted by Crippen LogP contribution is -2.34. The Balaban J connectivity index is 2.33. The third-order valence-corrected chi connectivity index (χ3v) is 3.57. The van der Waals surface area contributed by atoms with Crippen molar-refractivity contribution in [1.29, 1.82) is 0 Å². The number of rotatable bonds is 6. The molecule has 0 aromatic carbocycles. The highest BCUT2D eigenvalue weighted by atomic mass is 35.5. The predicted octanol–water partition coefficient (Wildman–Crippen LogP) is 4.43. The maximum atomic E-state index is 5.66. The molecule has 1 saturated heterocycles. The molecule has 0 saturated carbocycles. The summed E-state index contributed by atoms with van der Waals surface area (Å²) in [5.74, 6) is 0.472. The zero-order valence-electron chi connectivity index (χ0n) is 10.4. The molecule has 3 atom stereocenters. The molecule has 94 valence electrons. The van der Waals surface area contributed by atoms with Crippen LogP contribution in [0.3, 0.4) is 0 Å². The molecule has 16 heavy (non-hydrogen) atoms. The molecular formula is C13H23ClO2. The zero-order valence-corrected chi connectivity index (χ0v) is 11.1. The summed E-state index contributed by atoms with van der Waals surface area (Å²) in [6.45, 7) is 8.50. The fourth-order valence-corrected chi connectivity index (χ4v) is 2.47. The SMILES string of the molecule is C=C(CCCCC)C1CCC(OCl)OC1C. The summed E-state index contributed by atoms with van der Waals surface area (Å²) < 4.78 is 10.4. The molecule has 0 spiro atoms. The van der Waals surface area contributed by atoms with Gasteiger partial charge in [-0.2, -0.15) is 0 Å². The van der Waals surface area contributed by atoms with Gasteiger partial charge in [0, 0.05) is 12.3 Å². The standard InChI is InChI=1S/C13H23ClO2/c1-4-5-6-7-10(2)12-8-9-13(16-14)15-11(12)3/h11-13H,2,4-9H2,1,3H3. The van der Waals surface area contributed by atoms with Crippen LogP contribution in [-0.2, 0) is 9.03 Å². The maximum absolute atomic E-state index is 5.66. The molecule has 0 aromatic heterocycles. The van der Waals surface area contributed by atoms with Crippen LogP contribution in [0.2, 0.25) is 0 Å². The highest BCUT2D eigenvalue weighted by molar-refractivity contribution is 6.07. The minimum absolute atomic E-state index is 0.173. The maximum Gasteiger partial charge on any atom is 0.177 e. The molecule has 1 heterocycles. The van der Waals surface area contributed by atoms with Crippen molar-refractivity contribution in [3.63, 3.8) is 0 Å². The Labute approximate surface area is 104 Å². The molecule has 1 rings (SSSR count). The highest BCUT2D eigenvalue weighted by Gasteiger charge is 2.29. The van der Waals surface area contributed by atoms with E-state index in [2.05, 4.69) is 20.4 Å². The molecule has 1 fully saturated rings. The van der Waals surface area contributed by atoms with Crippen molar-refractivity contribution >= 4 is 11.9 Å². The summed E-state index contributed by atoms with van der Waals surface area (Å²) in [6.07, 6.45) is 6.78. The van der Waals surface area contributed by atoms with Crippen LogP contribution in [0.4, 0.5) is 0 Å². The third kappa shape index (κ3) is 4.08. The Bertz CT molecular complexity index is 218. The predicted molar refractivity (Wildman–Crippen MR) is 67.3 cm³/mol. The second-order valence-corrected chi connectivity index (χ2v) is 4.84. The van der Waals surface area contributed by atoms with Gasteiger partial charge in [0.2, 0.25) is 0 Å². The van der Waals surface area contributed by atoms with Crippen molar-refractivity contribution in [2.24, 2.45) is 5.92 Å². The summed E-state index contributed by atoms with van der Waals surface area (Å²) in [6, 6.07) is 0. The first-order valence-electron chi connectivity index (χ1n) is 6.29. The van der Waals surface area contributed by atoms with Crippen LogP contribution in [0.15, 0.2) is 12.2 Å². The minimum atomic E-state index is -0.239. The number of ether oxygens (including phenoxy) is 1. The Kier molecular flexibility index (Phi) is 6.40. The topological polar surface area (TPSA) is 18.5 Å². The lowest BCUT2D eigenvalue weighted by atomic mass is 9.86.